The third-order valence-corrected chi connectivity index (χ3v) is 3.79. The molecule has 1 unspecified atom stereocenters. The molecule has 0 aromatic heterocycles. The largest absolute Gasteiger partial charge is 0.493 e. The maximum atomic E-state index is 5.80. The highest BCUT2D eigenvalue weighted by molar-refractivity contribution is 9.10. The lowest BCUT2D eigenvalue weighted by Crippen LogP contribution is -2.30. The van der Waals surface area contributed by atoms with E-state index in [1.54, 1.807) is 7.11 Å². The van der Waals surface area contributed by atoms with Gasteiger partial charge in [0.15, 0.2) is 11.5 Å². The number of rotatable bonds is 9. The van der Waals surface area contributed by atoms with Gasteiger partial charge in [-0.15, -0.1) is 0 Å². The third kappa shape index (κ3) is 6.14. The lowest BCUT2D eigenvalue weighted by Gasteiger charge is -2.16. The zero-order valence-corrected chi connectivity index (χ0v) is 14.5. The van der Waals surface area contributed by atoms with Crippen molar-refractivity contribution in [1.82, 2.24) is 5.32 Å². The minimum absolute atomic E-state index is 0.530. The average Bonchev–Trinajstić information content (AvgIpc) is 2.42. The van der Waals surface area contributed by atoms with Crippen LogP contribution in [0.3, 0.4) is 0 Å². The van der Waals surface area contributed by atoms with Gasteiger partial charge in [-0.3, -0.25) is 0 Å². The molecule has 1 N–H and O–H groups in total. The topological polar surface area (TPSA) is 30.5 Å². The van der Waals surface area contributed by atoms with E-state index in [2.05, 4.69) is 42.0 Å². The Balaban J connectivity index is 2.31. The van der Waals surface area contributed by atoms with E-state index >= 15 is 0 Å². The Kier molecular flexibility index (Phi) is 8.00. The fraction of sp³-hybridized carbons (Fsp3) is 0.625. The van der Waals surface area contributed by atoms with E-state index in [-0.39, 0.29) is 0 Å². The van der Waals surface area contributed by atoms with E-state index in [1.807, 2.05) is 18.2 Å². The average molecular weight is 344 g/mol. The molecule has 1 rings (SSSR count). The van der Waals surface area contributed by atoms with Gasteiger partial charge in [-0.2, -0.15) is 0 Å². The number of ether oxygens (including phenoxy) is 2. The number of benzene rings is 1. The van der Waals surface area contributed by atoms with Crippen LogP contribution in [0, 0.1) is 5.92 Å². The molecule has 0 saturated heterocycles. The summed E-state index contributed by atoms with van der Waals surface area (Å²) in [6.45, 7) is 8.21. The van der Waals surface area contributed by atoms with Crippen molar-refractivity contribution in [1.29, 1.82) is 0 Å². The molecule has 114 valence electrons. The van der Waals surface area contributed by atoms with Gasteiger partial charge in [-0.25, -0.2) is 0 Å². The number of hydrogen-bond acceptors (Lipinski definition) is 3. The van der Waals surface area contributed by atoms with Crippen LogP contribution in [-0.2, 0) is 0 Å². The van der Waals surface area contributed by atoms with Crippen molar-refractivity contribution in [2.45, 2.75) is 39.7 Å². The van der Waals surface area contributed by atoms with E-state index < -0.39 is 0 Å². The summed E-state index contributed by atoms with van der Waals surface area (Å²) in [7, 11) is 1.65. The molecule has 4 heteroatoms. The first-order valence-corrected chi connectivity index (χ1v) is 8.02. The fourth-order valence-electron chi connectivity index (χ4n) is 1.93. The highest BCUT2D eigenvalue weighted by atomic mass is 79.9. The van der Waals surface area contributed by atoms with Gasteiger partial charge in [0.05, 0.1) is 11.6 Å². The van der Waals surface area contributed by atoms with Crippen molar-refractivity contribution in [2.75, 3.05) is 20.3 Å². The van der Waals surface area contributed by atoms with E-state index in [0.717, 1.165) is 28.4 Å². The first-order chi connectivity index (χ1) is 9.54. The van der Waals surface area contributed by atoms with Gasteiger partial charge in [0.2, 0.25) is 0 Å². The van der Waals surface area contributed by atoms with E-state index in [0.29, 0.717) is 12.6 Å². The Morgan fingerprint density at radius 1 is 1.20 bits per heavy atom. The van der Waals surface area contributed by atoms with Gasteiger partial charge in [0, 0.05) is 12.6 Å². The van der Waals surface area contributed by atoms with E-state index in [1.165, 1.54) is 12.8 Å². The van der Waals surface area contributed by atoms with Gasteiger partial charge in [0.25, 0.3) is 0 Å². The molecular weight excluding hydrogens is 318 g/mol. The Hall–Kier alpha value is -0.740. The summed E-state index contributed by atoms with van der Waals surface area (Å²) >= 11 is 3.48. The van der Waals surface area contributed by atoms with Crippen LogP contribution in [0.25, 0.3) is 0 Å². The van der Waals surface area contributed by atoms with Crippen LogP contribution in [0.5, 0.6) is 11.5 Å². The SMILES string of the molecule is COc1cccc(Br)c1OCCNC(C)CCC(C)C. The van der Waals surface area contributed by atoms with Crippen molar-refractivity contribution >= 4 is 15.9 Å². The molecule has 0 heterocycles. The smallest absolute Gasteiger partial charge is 0.175 e. The molecule has 0 amide bonds. The monoisotopic (exact) mass is 343 g/mol. The highest BCUT2D eigenvalue weighted by Crippen LogP contribution is 2.34. The maximum Gasteiger partial charge on any atom is 0.175 e. The molecule has 0 saturated carbocycles. The highest BCUT2D eigenvalue weighted by Gasteiger charge is 2.08. The lowest BCUT2D eigenvalue weighted by molar-refractivity contribution is 0.283. The molecule has 0 radical (unpaired) electrons. The van der Waals surface area contributed by atoms with E-state index in [4.69, 9.17) is 9.47 Å². The Bertz CT molecular complexity index is 396. The molecule has 1 atom stereocenters. The lowest BCUT2D eigenvalue weighted by atomic mass is 10.0. The van der Waals surface area contributed by atoms with Gasteiger partial charge >= 0.3 is 0 Å². The zero-order valence-electron chi connectivity index (χ0n) is 12.9. The molecule has 0 aliphatic rings. The van der Waals surface area contributed by atoms with Crippen molar-refractivity contribution in [3.63, 3.8) is 0 Å². The number of para-hydroxylation sites is 1. The molecule has 1 aromatic rings. The third-order valence-electron chi connectivity index (χ3n) is 3.17. The maximum absolute atomic E-state index is 5.80. The summed E-state index contributed by atoms with van der Waals surface area (Å²) in [5.74, 6) is 2.29. The van der Waals surface area contributed by atoms with Gasteiger partial charge < -0.3 is 14.8 Å². The van der Waals surface area contributed by atoms with Crippen LogP contribution in [-0.4, -0.2) is 26.3 Å². The molecule has 0 spiro atoms. The molecule has 0 bridgehead atoms. The summed E-state index contributed by atoms with van der Waals surface area (Å²) in [6.07, 6.45) is 2.46. The number of nitrogens with one attached hydrogen (secondary N) is 1. The molecule has 0 aliphatic carbocycles. The van der Waals surface area contributed by atoms with Crippen LogP contribution in [0.15, 0.2) is 22.7 Å². The molecule has 1 aromatic carbocycles. The Labute approximate surface area is 131 Å². The standard InChI is InChI=1S/C16H26BrNO2/c1-12(2)8-9-13(3)18-10-11-20-16-14(17)6-5-7-15(16)19-4/h5-7,12-13,18H,8-11H2,1-4H3. The first kappa shape index (κ1) is 17.3. The summed E-state index contributed by atoms with van der Waals surface area (Å²) in [5.41, 5.74) is 0. The minimum Gasteiger partial charge on any atom is -0.493 e. The second kappa shape index (κ2) is 9.24. The molecular formula is C16H26BrNO2. The Morgan fingerprint density at radius 2 is 1.95 bits per heavy atom. The summed E-state index contributed by atoms with van der Waals surface area (Å²) < 4.78 is 12.0. The predicted octanol–water partition coefficient (Wildman–Crippen LogP) is 4.25. The van der Waals surface area contributed by atoms with Crippen molar-refractivity contribution < 1.29 is 9.47 Å². The summed E-state index contributed by atoms with van der Waals surface area (Å²) in [4.78, 5) is 0. The molecule has 0 aliphatic heterocycles. The molecule has 3 nitrogen and oxygen atoms in total. The second-order valence-electron chi connectivity index (χ2n) is 5.45. The second-order valence-corrected chi connectivity index (χ2v) is 6.30. The van der Waals surface area contributed by atoms with Crippen LogP contribution in [0.1, 0.15) is 33.6 Å². The summed E-state index contributed by atoms with van der Waals surface area (Å²) in [5, 5.41) is 3.48. The minimum atomic E-state index is 0.530. The molecule has 20 heavy (non-hydrogen) atoms. The number of halogens is 1. The van der Waals surface area contributed by atoms with Crippen molar-refractivity contribution in [2.24, 2.45) is 5.92 Å². The molecule has 0 fully saturated rings. The zero-order chi connectivity index (χ0) is 15.0. The summed E-state index contributed by atoms with van der Waals surface area (Å²) in [6, 6.07) is 6.32. The van der Waals surface area contributed by atoms with Crippen molar-refractivity contribution in [3.8, 4) is 11.5 Å². The quantitative estimate of drug-likeness (QED) is 0.680. The fourth-order valence-corrected chi connectivity index (χ4v) is 2.40. The van der Waals surface area contributed by atoms with E-state index in [9.17, 15) is 0 Å². The van der Waals surface area contributed by atoms with Crippen LogP contribution in [0.2, 0.25) is 0 Å². The normalized spacial score (nSPS) is 12.5. The van der Waals surface area contributed by atoms with Crippen LogP contribution in [0.4, 0.5) is 0 Å². The van der Waals surface area contributed by atoms with Crippen LogP contribution < -0.4 is 14.8 Å². The van der Waals surface area contributed by atoms with Gasteiger partial charge in [-0.1, -0.05) is 19.9 Å². The number of methoxy groups -OCH3 is 1. The predicted molar refractivity (Wildman–Crippen MR) is 87.7 cm³/mol. The van der Waals surface area contributed by atoms with Gasteiger partial charge in [0.1, 0.15) is 6.61 Å². The van der Waals surface area contributed by atoms with Crippen LogP contribution >= 0.6 is 15.9 Å². The number of hydrogen-bond donors (Lipinski definition) is 1. The van der Waals surface area contributed by atoms with Crippen molar-refractivity contribution in [3.05, 3.63) is 22.7 Å². The first-order valence-electron chi connectivity index (χ1n) is 7.23. The Morgan fingerprint density at radius 3 is 2.60 bits per heavy atom. The van der Waals surface area contributed by atoms with Gasteiger partial charge in [-0.05, 0) is 53.7 Å².